The second-order valence-corrected chi connectivity index (χ2v) is 6.34. The van der Waals surface area contributed by atoms with Gasteiger partial charge in [0.25, 0.3) is 0 Å². The molecule has 1 aliphatic rings. The number of aryl methyl sites for hydroxylation is 2. The minimum atomic E-state index is 1.26. The summed E-state index contributed by atoms with van der Waals surface area (Å²) in [6, 6.07) is 7.11. The van der Waals surface area contributed by atoms with Crippen LogP contribution in [0.1, 0.15) is 45.4 Å². The second kappa shape index (κ2) is 4.77. The average molecular weight is 264 g/mol. The highest BCUT2D eigenvalue weighted by atomic mass is 14.2. The van der Waals surface area contributed by atoms with Crippen molar-refractivity contribution in [3.05, 3.63) is 57.1 Å². The van der Waals surface area contributed by atoms with Crippen LogP contribution in [-0.4, -0.2) is 0 Å². The second-order valence-electron chi connectivity index (χ2n) is 6.34. The third-order valence-corrected chi connectivity index (χ3v) is 5.39. The first-order chi connectivity index (χ1) is 9.50. The van der Waals surface area contributed by atoms with Gasteiger partial charge in [0, 0.05) is 0 Å². The van der Waals surface area contributed by atoms with Crippen molar-refractivity contribution < 1.29 is 0 Å². The Morgan fingerprint density at radius 2 is 1.20 bits per heavy atom. The summed E-state index contributed by atoms with van der Waals surface area (Å²) >= 11 is 0. The molecule has 2 aromatic rings. The molecular formula is C20H24. The van der Waals surface area contributed by atoms with E-state index in [-0.39, 0.29) is 0 Å². The third-order valence-electron chi connectivity index (χ3n) is 5.39. The minimum Gasteiger partial charge on any atom is -0.0582 e. The summed E-state index contributed by atoms with van der Waals surface area (Å²) in [7, 11) is 0. The van der Waals surface area contributed by atoms with Crippen molar-refractivity contribution in [2.45, 2.75) is 53.9 Å². The lowest BCUT2D eigenvalue weighted by molar-refractivity contribution is 0.912. The van der Waals surface area contributed by atoms with Gasteiger partial charge in [-0.15, -0.1) is 0 Å². The van der Waals surface area contributed by atoms with Crippen LogP contribution >= 0.6 is 0 Å². The summed E-state index contributed by atoms with van der Waals surface area (Å²) in [6.07, 6.45) is 3.84. The third kappa shape index (κ3) is 1.90. The van der Waals surface area contributed by atoms with Gasteiger partial charge in [-0.3, -0.25) is 0 Å². The number of benzene rings is 2. The molecule has 0 amide bonds. The van der Waals surface area contributed by atoms with Crippen LogP contribution in [-0.2, 0) is 12.8 Å². The van der Waals surface area contributed by atoms with Gasteiger partial charge in [0.15, 0.2) is 0 Å². The van der Waals surface area contributed by atoms with Crippen molar-refractivity contribution in [3.8, 4) is 11.1 Å². The molecule has 104 valence electrons. The van der Waals surface area contributed by atoms with E-state index < -0.39 is 0 Å². The molecule has 0 atom stereocenters. The smallest absolute Gasteiger partial charge is 0.0120 e. The van der Waals surface area contributed by atoms with Crippen LogP contribution in [0.5, 0.6) is 0 Å². The van der Waals surface area contributed by atoms with Crippen LogP contribution in [0.2, 0.25) is 0 Å². The topological polar surface area (TPSA) is 0 Å². The molecule has 3 rings (SSSR count). The van der Waals surface area contributed by atoms with E-state index in [1.54, 1.807) is 11.1 Å². The molecule has 0 radical (unpaired) electrons. The van der Waals surface area contributed by atoms with Crippen molar-refractivity contribution in [3.63, 3.8) is 0 Å². The lowest BCUT2D eigenvalue weighted by atomic mass is 9.85. The molecule has 0 fully saturated rings. The van der Waals surface area contributed by atoms with E-state index in [9.17, 15) is 0 Å². The van der Waals surface area contributed by atoms with Crippen LogP contribution in [0.15, 0.2) is 18.2 Å². The zero-order chi connectivity index (χ0) is 14.4. The van der Waals surface area contributed by atoms with Crippen molar-refractivity contribution in [1.29, 1.82) is 0 Å². The fourth-order valence-electron chi connectivity index (χ4n) is 3.66. The first kappa shape index (κ1) is 13.4. The number of fused-ring (bicyclic) bond motifs is 1. The normalized spacial score (nSPS) is 13.7. The molecule has 0 heteroatoms. The molecule has 0 nitrogen and oxygen atoms in total. The van der Waals surface area contributed by atoms with Crippen LogP contribution in [0.3, 0.4) is 0 Å². The van der Waals surface area contributed by atoms with Gasteiger partial charge in [0.1, 0.15) is 0 Å². The van der Waals surface area contributed by atoms with Crippen LogP contribution in [0.25, 0.3) is 11.1 Å². The molecule has 20 heavy (non-hydrogen) atoms. The quantitative estimate of drug-likeness (QED) is 0.648. The van der Waals surface area contributed by atoms with Crippen LogP contribution in [0, 0.1) is 34.6 Å². The largest absolute Gasteiger partial charge is 0.0582 e. The first-order valence-corrected chi connectivity index (χ1v) is 7.70. The van der Waals surface area contributed by atoms with Gasteiger partial charge in [-0.05, 0) is 104 Å². The molecule has 0 N–H and O–H groups in total. The molecule has 0 heterocycles. The maximum Gasteiger partial charge on any atom is -0.0120 e. The highest BCUT2D eigenvalue weighted by Crippen LogP contribution is 2.36. The molecule has 0 saturated carbocycles. The Balaban J connectivity index is 2.25. The standard InChI is InChI=1S/C20H24/c1-12-13(2)15(4)20(16(5)14(12)3)19-10-9-17-7-6-8-18(17)11-19/h9-11H,6-8H2,1-5H3. The van der Waals surface area contributed by atoms with Crippen LogP contribution in [0.4, 0.5) is 0 Å². The number of hydrogen-bond donors (Lipinski definition) is 0. The maximum atomic E-state index is 2.44. The van der Waals surface area contributed by atoms with E-state index >= 15 is 0 Å². The number of hydrogen-bond acceptors (Lipinski definition) is 0. The molecular weight excluding hydrogens is 240 g/mol. The summed E-state index contributed by atoms with van der Waals surface area (Å²) in [5, 5.41) is 0. The first-order valence-electron chi connectivity index (χ1n) is 7.70. The summed E-state index contributed by atoms with van der Waals surface area (Å²) in [5.41, 5.74) is 13.2. The molecule has 0 saturated heterocycles. The highest BCUT2D eigenvalue weighted by molar-refractivity contribution is 5.75. The Hall–Kier alpha value is -1.56. The van der Waals surface area contributed by atoms with E-state index in [4.69, 9.17) is 0 Å². The van der Waals surface area contributed by atoms with E-state index in [2.05, 4.69) is 52.8 Å². The Morgan fingerprint density at radius 3 is 1.85 bits per heavy atom. The van der Waals surface area contributed by atoms with E-state index in [1.165, 1.54) is 58.2 Å². The van der Waals surface area contributed by atoms with E-state index in [0.717, 1.165) is 0 Å². The van der Waals surface area contributed by atoms with Crippen LogP contribution < -0.4 is 0 Å². The monoisotopic (exact) mass is 264 g/mol. The Morgan fingerprint density at radius 1 is 0.650 bits per heavy atom. The van der Waals surface area contributed by atoms with Crippen molar-refractivity contribution >= 4 is 0 Å². The Labute approximate surface area is 122 Å². The zero-order valence-electron chi connectivity index (χ0n) is 13.4. The number of rotatable bonds is 1. The summed E-state index contributed by atoms with van der Waals surface area (Å²) < 4.78 is 0. The average Bonchev–Trinajstić information content (AvgIpc) is 2.91. The lowest BCUT2D eigenvalue weighted by Crippen LogP contribution is -2.00. The molecule has 0 aromatic heterocycles. The summed E-state index contributed by atoms with van der Waals surface area (Å²) in [5.74, 6) is 0. The maximum absolute atomic E-state index is 2.44. The lowest BCUT2D eigenvalue weighted by Gasteiger charge is -2.19. The van der Waals surface area contributed by atoms with Gasteiger partial charge in [0.05, 0.1) is 0 Å². The van der Waals surface area contributed by atoms with Gasteiger partial charge in [-0.1, -0.05) is 18.2 Å². The molecule has 2 aromatic carbocycles. The minimum absolute atomic E-state index is 1.26. The fraction of sp³-hybridized carbons (Fsp3) is 0.400. The molecule has 0 spiro atoms. The van der Waals surface area contributed by atoms with Crippen molar-refractivity contribution in [1.82, 2.24) is 0 Å². The molecule has 0 bridgehead atoms. The molecule has 1 aliphatic carbocycles. The predicted molar refractivity (Wildman–Crippen MR) is 87.6 cm³/mol. The predicted octanol–water partition coefficient (Wildman–Crippen LogP) is 5.38. The van der Waals surface area contributed by atoms with Gasteiger partial charge < -0.3 is 0 Å². The SMILES string of the molecule is Cc1c(C)c(C)c(-c2ccc3c(c2)CCC3)c(C)c1C. The van der Waals surface area contributed by atoms with Gasteiger partial charge in [-0.25, -0.2) is 0 Å². The Kier molecular flexibility index (Phi) is 3.20. The van der Waals surface area contributed by atoms with Gasteiger partial charge in [-0.2, -0.15) is 0 Å². The van der Waals surface area contributed by atoms with Gasteiger partial charge >= 0.3 is 0 Å². The van der Waals surface area contributed by atoms with Gasteiger partial charge in [0.2, 0.25) is 0 Å². The van der Waals surface area contributed by atoms with E-state index in [0.29, 0.717) is 0 Å². The summed E-state index contributed by atoms with van der Waals surface area (Å²) in [4.78, 5) is 0. The molecule has 0 aliphatic heterocycles. The molecule has 0 unspecified atom stereocenters. The summed E-state index contributed by atoms with van der Waals surface area (Å²) in [6.45, 7) is 11.3. The van der Waals surface area contributed by atoms with E-state index in [1.807, 2.05) is 0 Å². The Bertz CT molecular complexity index is 661. The zero-order valence-corrected chi connectivity index (χ0v) is 13.4. The highest BCUT2D eigenvalue weighted by Gasteiger charge is 2.16. The van der Waals surface area contributed by atoms with Crippen molar-refractivity contribution in [2.24, 2.45) is 0 Å². The van der Waals surface area contributed by atoms with Crippen molar-refractivity contribution in [2.75, 3.05) is 0 Å². The fourth-order valence-corrected chi connectivity index (χ4v) is 3.66.